The third kappa shape index (κ3) is 1.46. The lowest BCUT2D eigenvalue weighted by molar-refractivity contribution is 0.994. The van der Waals surface area contributed by atoms with Crippen molar-refractivity contribution in [3.8, 4) is 5.13 Å². The van der Waals surface area contributed by atoms with Crippen LogP contribution in [0.15, 0.2) is 27.1 Å². The largest absolute Gasteiger partial charge is 0.269 e. The molecule has 0 fully saturated rings. The third-order valence-electron chi connectivity index (χ3n) is 1.26. The first-order valence-corrected chi connectivity index (χ1v) is 5.54. The van der Waals surface area contributed by atoms with Gasteiger partial charge in [0.1, 0.15) is 4.60 Å². The molecule has 0 amide bonds. The van der Waals surface area contributed by atoms with Crippen molar-refractivity contribution >= 4 is 43.2 Å². The molecule has 0 atom stereocenters. The van der Waals surface area contributed by atoms with Crippen LogP contribution in [0, 0.1) is 0 Å². The number of imidazole rings is 1. The van der Waals surface area contributed by atoms with Crippen LogP contribution in [0.5, 0.6) is 0 Å². The van der Waals surface area contributed by atoms with Gasteiger partial charge in [0.05, 0.1) is 0 Å². The number of nitrogens with zero attached hydrogens (tertiary/aromatic N) is 3. The summed E-state index contributed by atoms with van der Waals surface area (Å²) in [4.78, 5) is 8.28. The van der Waals surface area contributed by atoms with E-state index in [1.165, 1.54) is 0 Å². The quantitative estimate of drug-likeness (QED) is 0.811. The molecular formula is C6H3Br2N3S. The fourth-order valence-corrected chi connectivity index (χ4v) is 2.61. The van der Waals surface area contributed by atoms with Gasteiger partial charge in [-0.3, -0.25) is 4.57 Å². The highest BCUT2D eigenvalue weighted by Crippen LogP contribution is 2.21. The van der Waals surface area contributed by atoms with Crippen LogP contribution in [0.4, 0.5) is 0 Å². The van der Waals surface area contributed by atoms with Gasteiger partial charge in [-0.2, -0.15) is 0 Å². The maximum Gasteiger partial charge on any atom is 0.195 e. The van der Waals surface area contributed by atoms with E-state index >= 15 is 0 Å². The van der Waals surface area contributed by atoms with Crippen molar-refractivity contribution in [3.05, 3.63) is 27.1 Å². The second-order valence-electron chi connectivity index (χ2n) is 2.02. The van der Waals surface area contributed by atoms with Crippen molar-refractivity contribution in [2.24, 2.45) is 0 Å². The Hall–Kier alpha value is -0.200. The lowest BCUT2D eigenvalue weighted by Crippen LogP contribution is -1.89. The van der Waals surface area contributed by atoms with Crippen LogP contribution in [-0.4, -0.2) is 14.5 Å². The topological polar surface area (TPSA) is 30.7 Å². The average molecular weight is 309 g/mol. The Morgan fingerprint density at radius 1 is 1.42 bits per heavy atom. The first-order valence-electron chi connectivity index (χ1n) is 3.07. The highest BCUT2D eigenvalue weighted by atomic mass is 79.9. The van der Waals surface area contributed by atoms with Crippen molar-refractivity contribution in [1.29, 1.82) is 0 Å². The van der Waals surface area contributed by atoms with Crippen molar-refractivity contribution in [2.75, 3.05) is 0 Å². The van der Waals surface area contributed by atoms with E-state index in [9.17, 15) is 0 Å². The summed E-state index contributed by atoms with van der Waals surface area (Å²) >= 11 is 8.17. The maximum atomic E-state index is 4.15. The molecule has 0 bridgehead atoms. The predicted molar refractivity (Wildman–Crippen MR) is 54.6 cm³/mol. The summed E-state index contributed by atoms with van der Waals surface area (Å²) in [6.45, 7) is 0. The van der Waals surface area contributed by atoms with Gasteiger partial charge in [0, 0.05) is 17.8 Å². The molecule has 2 rings (SSSR count). The number of halogens is 2. The molecule has 0 N–H and O–H groups in total. The summed E-state index contributed by atoms with van der Waals surface area (Å²) < 4.78 is 3.42. The van der Waals surface area contributed by atoms with Gasteiger partial charge in [0.2, 0.25) is 0 Å². The number of hydrogen-bond acceptors (Lipinski definition) is 3. The standard InChI is InChI=1S/C6H3Br2N3S/c7-4-3-11(5(8)10-4)6-9-1-2-12-6/h1-3H. The van der Waals surface area contributed by atoms with E-state index in [0.29, 0.717) is 0 Å². The SMILES string of the molecule is Brc1cn(-c2nccs2)c(Br)n1. The molecule has 0 unspecified atom stereocenters. The molecule has 0 aromatic carbocycles. The van der Waals surface area contributed by atoms with Crippen LogP contribution in [0.1, 0.15) is 0 Å². The van der Waals surface area contributed by atoms with Gasteiger partial charge in [-0.15, -0.1) is 11.3 Å². The van der Waals surface area contributed by atoms with Gasteiger partial charge >= 0.3 is 0 Å². The van der Waals surface area contributed by atoms with Gasteiger partial charge < -0.3 is 0 Å². The Balaban J connectivity index is 2.54. The minimum Gasteiger partial charge on any atom is -0.269 e. The van der Waals surface area contributed by atoms with Gasteiger partial charge in [-0.05, 0) is 31.9 Å². The molecule has 0 saturated heterocycles. The number of rotatable bonds is 1. The van der Waals surface area contributed by atoms with Crippen molar-refractivity contribution in [3.63, 3.8) is 0 Å². The van der Waals surface area contributed by atoms with Crippen molar-refractivity contribution in [2.45, 2.75) is 0 Å². The summed E-state index contributed by atoms with van der Waals surface area (Å²) in [6, 6.07) is 0. The first-order chi connectivity index (χ1) is 5.77. The minimum atomic E-state index is 0.754. The highest BCUT2D eigenvalue weighted by Gasteiger charge is 2.06. The minimum absolute atomic E-state index is 0.754. The molecule has 0 aliphatic carbocycles. The molecule has 0 aliphatic rings. The molecule has 2 heterocycles. The number of thiazole rings is 1. The molecule has 0 spiro atoms. The molecule has 2 aromatic heterocycles. The fraction of sp³-hybridized carbons (Fsp3) is 0. The summed E-state index contributed by atoms with van der Waals surface area (Å²) in [7, 11) is 0. The van der Waals surface area contributed by atoms with E-state index in [1.54, 1.807) is 17.5 Å². The van der Waals surface area contributed by atoms with Crippen LogP contribution in [0.3, 0.4) is 0 Å². The smallest absolute Gasteiger partial charge is 0.195 e. The van der Waals surface area contributed by atoms with Gasteiger partial charge in [0.25, 0.3) is 0 Å². The zero-order valence-corrected chi connectivity index (χ0v) is 9.73. The molecule has 0 radical (unpaired) electrons. The van der Waals surface area contributed by atoms with E-state index in [2.05, 4.69) is 41.8 Å². The van der Waals surface area contributed by atoms with Crippen molar-refractivity contribution < 1.29 is 0 Å². The second kappa shape index (κ2) is 3.27. The van der Waals surface area contributed by atoms with Crippen molar-refractivity contribution in [1.82, 2.24) is 14.5 Å². The Kier molecular flexibility index (Phi) is 2.29. The summed E-state index contributed by atoms with van der Waals surface area (Å²) in [6.07, 6.45) is 3.63. The first kappa shape index (κ1) is 8.40. The van der Waals surface area contributed by atoms with E-state index < -0.39 is 0 Å². The zero-order chi connectivity index (χ0) is 8.55. The van der Waals surface area contributed by atoms with E-state index in [4.69, 9.17) is 0 Å². The molecule has 0 saturated carbocycles. The van der Waals surface area contributed by atoms with Crippen LogP contribution in [-0.2, 0) is 0 Å². The molecular weight excluding hydrogens is 306 g/mol. The molecule has 2 aromatic rings. The normalized spacial score (nSPS) is 10.5. The average Bonchev–Trinajstić information content (AvgIpc) is 2.58. The highest BCUT2D eigenvalue weighted by molar-refractivity contribution is 9.11. The van der Waals surface area contributed by atoms with Crippen LogP contribution in [0.25, 0.3) is 5.13 Å². The number of hydrogen-bond donors (Lipinski definition) is 0. The zero-order valence-electron chi connectivity index (χ0n) is 5.74. The summed E-state index contributed by atoms with van der Waals surface area (Å²) in [5, 5.41) is 2.83. The summed E-state index contributed by atoms with van der Waals surface area (Å²) in [5.74, 6) is 0. The van der Waals surface area contributed by atoms with E-state index in [0.717, 1.165) is 14.5 Å². The van der Waals surface area contributed by atoms with E-state index in [-0.39, 0.29) is 0 Å². The second-order valence-corrected chi connectivity index (χ2v) is 4.41. The lowest BCUT2D eigenvalue weighted by atomic mass is 10.9. The van der Waals surface area contributed by atoms with Crippen LogP contribution >= 0.6 is 43.2 Å². The lowest BCUT2D eigenvalue weighted by Gasteiger charge is -1.94. The Labute approximate surface area is 89.7 Å². The Bertz CT molecular complexity index is 381. The molecule has 0 aliphatic heterocycles. The Morgan fingerprint density at radius 2 is 2.25 bits per heavy atom. The van der Waals surface area contributed by atoms with Gasteiger partial charge in [-0.25, -0.2) is 9.97 Å². The molecule has 3 nitrogen and oxygen atoms in total. The van der Waals surface area contributed by atoms with Crippen LogP contribution in [0.2, 0.25) is 0 Å². The third-order valence-corrected chi connectivity index (χ3v) is 2.97. The monoisotopic (exact) mass is 307 g/mol. The van der Waals surface area contributed by atoms with Gasteiger partial charge in [0.15, 0.2) is 9.87 Å². The van der Waals surface area contributed by atoms with Crippen LogP contribution < -0.4 is 0 Å². The fourth-order valence-electron chi connectivity index (χ4n) is 0.800. The number of aromatic nitrogens is 3. The molecule has 62 valence electrons. The van der Waals surface area contributed by atoms with Gasteiger partial charge in [-0.1, -0.05) is 0 Å². The predicted octanol–water partition coefficient (Wildman–Crippen LogP) is 2.85. The molecule has 6 heteroatoms. The van der Waals surface area contributed by atoms with E-state index in [1.807, 2.05) is 16.1 Å². The molecule has 12 heavy (non-hydrogen) atoms. The summed E-state index contributed by atoms with van der Waals surface area (Å²) in [5.41, 5.74) is 0. The maximum absolute atomic E-state index is 4.15. The Morgan fingerprint density at radius 3 is 2.75 bits per heavy atom.